The lowest BCUT2D eigenvalue weighted by Crippen LogP contribution is -2.41. The van der Waals surface area contributed by atoms with Gasteiger partial charge < -0.3 is 13.8 Å². The van der Waals surface area contributed by atoms with Gasteiger partial charge in [-0.25, -0.2) is 9.69 Å². The number of halogens is 2. The molecule has 8 nitrogen and oxygen atoms in total. The van der Waals surface area contributed by atoms with Gasteiger partial charge in [-0.3, -0.25) is 4.57 Å². The minimum Gasteiger partial charge on any atom is -0.443 e. The summed E-state index contributed by atoms with van der Waals surface area (Å²) in [5.41, 5.74) is -0.282. The number of carbonyl (C=O) groups is 1. The molecule has 1 aromatic carbocycles. The number of nitrogens with zero attached hydrogens (tertiary/aromatic N) is 1. The van der Waals surface area contributed by atoms with Gasteiger partial charge in [-0.1, -0.05) is 23.2 Å². The minimum absolute atomic E-state index is 0.0576. The van der Waals surface area contributed by atoms with Crippen molar-refractivity contribution in [2.45, 2.75) is 33.3 Å². The summed E-state index contributed by atoms with van der Waals surface area (Å²) in [6.07, 6.45) is -1.09. The van der Waals surface area contributed by atoms with E-state index in [9.17, 15) is 17.8 Å². The number of aryl methyl sites for hydroxylation is 1. The van der Waals surface area contributed by atoms with Crippen LogP contribution in [0, 0.1) is 6.92 Å². The molecule has 0 aliphatic carbocycles. The Morgan fingerprint density at radius 2 is 1.73 bits per heavy atom. The number of carbonyl (C=O) groups excluding carboxylic acids is 1. The maximum Gasteiger partial charge on any atom is 0.421 e. The topological polar surface area (TPSA) is 99.2 Å². The number of thiophene rings is 1. The molecule has 0 N–H and O–H groups in total. The third kappa shape index (κ3) is 5.02. The Hall–Kier alpha value is -1.13. The number of hydrogen-bond acceptors (Lipinski definition) is 8. The fourth-order valence-corrected chi connectivity index (χ4v) is 6.68. The highest BCUT2D eigenvalue weighted by Crippen LogP contribution is 2.51. The van der Waals surface area contributed by atoms with E-state index in [1.165, 1.54) is 6.07 Å². The van der Waals surface area contributed by atoms with Gasteiger partial charge in [0.2, 0.25) is 10.3 Å². The summed E-state index contributed by atoms with van der Waals surface area (Å²) < 4.78 is 51.8. The molecule has 0 saturated carbocycles. The van der Waals surface area contributed by atoms with Crippen molar-refractivity contribution >= 4 is 78.3 Å². The van der Waals surface area contributed by atoms with Gasteiger partial charge in [0, 0.05) is 19.6 Å². The molecule has 0 radical (unpaired) electrons. The summed E-state index contributed by atoms with van der Waals surface area (Å²) in [6.45, 7) is 6.56. The summed E-state index contributed by atoms with van der Waals surface area (Å²) in [7, 11) is -5.55. The number of benzene rings is 1. The van der Waals surface area contributed by atoms with E-state index in [0.717, 1.165) is 25.6 Å². The Labute approximate surface area is 189 Å². The molecule has 1 heterocycles. The quantitative estimate of drug-likeness (QED) is 0.379. The lowest BCUT2D eigenvalue weighted by molar-refractivity contribution is 0.0605. The highest BCUT2D eigenvalue weighted by atomic mass is 35.5. The monoisotopic (exact) mass is 515 g/mol. The summed E-state index contributed by atoms with van der Waals surface area (Å²) in [5.74, 6) is 0. The fourth-order valence-electron chi connectivity index (χ4n) is 2.45. The van der Waals surface area contributed by atoms with E-state index in [-0.39, 0.29) is 5.00 Å². The van der Waals surface area contributed by atoms with E-state index < -0.39 is 34.3 Å². The second-order valence-electron chi connectivity index (χ2n) is 7.01. The number of anilines is 1. The van der Waals surface area contributed by atoms with Crippen LogP contribution in [0.15, 0.2) is 12.1 Å². The standard InChI is InChI=1S/C17H20Cl2NO7PS2/c1-9-7-11(18)14-10(13(9)19)8-12(29-14)20(15(21)27-17(2,3)4)16(30(23)24)28(22,25-5)26-6/h7-8H,1-6H3. The van der Waals surface area contributed by atoms with Crippen LogP contribution in [0.4, 0.5) is 9.80 Å². The zero-order valence-corrected chi connectivity index (χ0v) is 21.0. The summed E-state index contributed by atoms with van der Waals surface area (Å²) >= 11 is 13.7. The first-order chi connectivity index (χ1) is 13.8. The molecule has 13 heteroatoms. The molecule has 1 aromatic heterocycles. The van der Waals surface area contributed by atoms with Gasteiger partial charge in [-0.05, 0) is 45.4 Å². The second kappa shape index (κ2) is 9.16. The molecule has 0 fully saturated rings. The number of hydrogen-bond donors (Lipinski definition) is 0. The van der Waals surface area contributed by atoms with Gasteiger partial charge in [0.15, 0.2) is 0 Å². The molecule has 0 bridgehead atoms. The van der Waals surface area contributed by atoms with Crippen molar-refractivity contribution in [2.24, 2.45) is 0 Å². The highest BCUT2D eigenvalue weighted by Gasteiger charge is 2.42. The van der Waals surface area contributed by atoms with Gasteiger partial charge in [-0.15, -0.1) is 11.3 Å². The SMILES string of the molecule is COP(=O)(OC)C(N(C(=O)OC(C)(C)C)c1cc2c(Cl)c(C)cc(Cl)c2s1)=S(=O)=O. The predicted molar refractivity (Wildman–Crippen MR) is 121 cm³/mol. The summed E-state index contributed by atoms with van der Waals surface area (Å²) in [4.78, 5) is 13.7. The van der Waals surface area contributed by atoms with E-state index >= 15 is 0 Å². The van der Waals surface area contributed by atoms with Gasteiger partial charge in [0.05, 0.1) is 14.7 Å². The Balaban J connectivity index is 2.87. The Morgan fingerprint density at radius 3 is 2.20 bits per heavy atom. The maximum atomic E-state index is 13.0. The van der Waals surface area contributed by atoms with E-state index in [1.54, 1.807) is 33.8 Å². The Bertz CT molecular complexity index is 1170. The molecule has 0 saturated heterocycles. The molecule has 2 rings (SSSR count). The van der Waals surface area contributed by atoms with Crippen molar-refractivity contribution in [3.05, 3.63) is 27.7 Å². The van der Waals surface area contributed by atoms with Crippen LogP contribution in [-0.4, -0.2) is 39.1 Å². The molecular formula is C17H20Cl2NO7PS2. The van der Waals surface area contributed by atoms with Crippen LogP contribution in [0.5, 0.6) is 0 Å². The van der Waals surface area contributed by atoms with Crippen molar-refractivity contribution < 1.29 is 31.6 Å². The molecule has 0 atom stereocenters. The molecular weight excluding hydrogens is 496 g/mol. The molecule has 30 heavy (non-hydrogen) atoms. The molecule has 0 unspecified atom stereocenters. The number of rotatable bonds is 4. The van der Waals surface area contributed by atoms with E-state index in [1.807, 2.05) is 0 Å². The van der Waals surface area contributed by atoms with Crippen molar-refractivity contribution in [1.29, 1.82) is 0 Å². The van der Waals surface area contributed by atoms with Crippen LogP contribution < -0.4 is 4.90 Å². The zero-order valence-electron chi connectivity index (χ0n) is 17.0. The number of amides is 1. The Kier molecular flexibility index (Phi) is 7.67. The van der Waals surface area contributed by atoms with Gasteiger partial charge in [0.1, 0.15) is 10.6 Å². The van der Waals surface area contributed by atoms with Crippen molar-refractivity contribution in [3.63, 3.8) is 0 Å². The molecule has 1 amide bonds. The van der Waals surface area contributed by atoms with E-state index in [4.69, 9.17) is 37.0 Å². The largest absolute Gasteiger partial charge is 0.443 e. The van der Waals surface area contributed by atoms with Crippen LogP contribution in [0.2, 0.25) is 10.0 Å². The van der Waals surface area contributed by atoms with Crippen LogP contribution in [-0.2, 0) is 28.6 Å². The normalized spacial score (nSPS) is 12.1. The molecule has 0 aliphatic rings. The first kappa shape index (κ1) is 25.1. The van der Waals surface area contributed by atoms with Gasteiger partial charge in [0.25, 0.3) is 4.73 Å². The predicted octanol–water partition coefficient (Wildman–Crippen LogP) is 5.71. The second-order valence-corrected chi connectivity index (χ2v) is 12.1. The average Bonchev–Trinajstić information content (AvgIpc) is 3.07. The Morgan fingerprint density at radius 1 is 1.17 bits per heavy atom. The van der Waals surface area contributed by atoms with Crippen molar-refractivity contribution in [2.75, 3.05) is 19.1 Å². The van der Waals surface area contributed by atoms with Crippen LogP contribution in [0.25, 0.3) is 10.1 Å². The molecule has 0 spiro atoms. The van der Waals surface area contributed by atoms with Gasteiger partial charge in [-0.2, -0.15) is 8.42 Å². The lowest BCUT2D eigenvalue weighted by atomic mass is 10.2. The van der Waals surface area contributed by atoms with Crippen LogP contribution in [0.3, 0.4) is 0 Å². The maximum absolute atomic E-state index is 13.0. The third-order valence-corrected chi connectivity index (χ3v) is 9.01. The van der Waals surface area contributed by atoms with Crippen LogP contribution in [0.1, 0.15) is 26.3 Å². The molecule has 0 aliphatic heterocycles. The minimum atomic E-state index is -4.40. The zero-order chi connectivity index (χ0) is 23.0. The summed E-state index contributed by atoms with van der Waals surface area (Å²) in [5, 5.41) is 1.30. The fraction of sp³-hybridized carbons (Fsp3) is 0.412. The van der Waals surface area contributed by atoms with Crippen LogP contribution >= 0.6 is 42.1 Å². The molecule has 166 valence electrons. The van der Waals surface area contributed by atoms with Crippen molar-refractivity contribution in [1.82, 2.24) is 0 Å². The van der Waals surface area contributed by atoms with Crippen molar-refractivity contribution in [3.8, 4) is 0 Å². The average molecular weight is 516 g/mol. The number of ether oxygens (including phenoxy) is 1. The smallest absolute Gasteiger partial charge is 0.421 e. The third-order valence-electron chi connectivity index (χ3n) is 3.71. The first-order valence-electron chi connectivity index (χ1n) is 8.35. The van der Waals surface area contributed by atoms with Gasteiger partial charge >= 0.3 is 13.7 Å². The van der Waals surface area contributed by atoms with E-state index in [0.29, 0.717) is 30.6 Å². The van der Waals surface area contributed by atoms with E-state index in [2.05, 4.69) is 0 Å². The first-order valence-corrected chi connectivity index (χ1v) is 12.5. The molecule has 2 aromatic rings. The lowest BCUT2D eigenvalue weighted by Gasteiger charge is -2.27. The number of fused-ring (bicyclic) bond motifs is 1. The summed E-state index contributed by atoms with van der Waals surface area (Å²) in [6, 6.07) is 3.11. The highest BCUT2D eigenvalue weighted by molar-refractivity contribution is 7.94.